The molecule has 0 saturated carbocycles. The van der Waals surface area contributed by atoms with Gasteiger partial charge in [0.05, 0.1) is 10.0 Å². The Morgan fingerprint density at radius 2 is 1.94 bits per heavy atom. The van der Waals surface area contributed by atoms with Gasteiger partial charge in [-0.2, -0.15) is 0 Å². The Kier molecular flexibility index (Phi) is 2.82. The zero-order valence-electron chi connectivity index (χ0n) is 7.92. The minimum absolute atomic E-state index is 0.0978. The number of nitrogens with zero attached hydrogens (tertiary/aromatic N) is 2. The van der Waals surface area contributed by atoms with Gasteiger partial charge in [-0.1, -0.05) is 0 Å². The van der Waals surface area contributed by atoms with Crippen molar-refractivity contribution in [2.24, 2.45) is 0 Å². The molecule has 1 heterocycles. The van der Waals surface area contributed by atoms with Crippen molar-refractivity contribution >= 4 is 21.7 Å². The highest BCUT2D eigenvalue weighted by Gasteiger charge is 2.12. The summed E-state index contributed by atoms with van der Waals surface area (Å²) in [5.41, 5.74) is 5.55. The first-order valence-corrected chi connectivity index (χ1v) is 5.10. The standard InChI is InChI=1S/C10H6BrF2N3/c11-6-3-5(7(12)4-8(6)13)10-15-2-1-9(14)16-10/h1-4H,(H2,14,15,16). The SMILES string of the molecule is Nc1ccnc(-c2cc(Br)c(F)cc2F)n1. The van der Waals surface area contributed by atoms with Crippen LogP contribution in [0.4, 0.5) is 14.6 Å². The third kappa shape index (κ3) is 2.01. The van der Waals surface area contributed by atoms with Gasteiger partial charge in [0.2, 0.25) is 0 Å². The minimum atomic E-state index is -0.730. The molecule has 0 aliphatic rings. The molecular formula is C10H6BrF2N3. The second-order valence-corrected chi connectivity index (χ2v) is 3.91. The van der Waals surface area contributed by atoms with Crippen molar-refractivity contribution in [1.29, 1.82) is 0 Å². The van der Waals surface area contributed by atoms with Crippen molar-refractivity contribution in [2.75, 3.05) is 5.73 Å². The molecule has 0 spiro atoms. The van der Waals surface area contributed by atoms with Gasteiger partial charge in [-0.05, 0) is 28.1 Å². The average molecular weight is 286 g/mol. The van der Waals surface area contributed by atoms with Crippen molar-refractivity contribution in [2.45, 2.75) is 0 Å². The molecule has 0 radical (unpaired) electrons. The molecule has 0 aliphatic carbocycles. The number of halogens is 3. The first kappa shape index (κ1) is 10.9. The average Bonchev–Trinajstić information content (AvgIpc) is 2.23. The predicted octanol–water partition coefficient (Wildman–Crippen LogP) is 2.77. The van der Waals surface area contributed by atoms with Crippen LogP contribution in [0, 0.1) is 11.6 Å². The Bertz CT molecular complexity index is 546. The van der Waals surface area contributed by atoms with Crippen LogP contribution in [0.15, 0.2) is 28.9 Å². The zero-order chi connectivity index (χ0) is 11.7. The van der Waals surface area contributed by atoms with Crippen molar-refractivity contribution in [3.05, 3.63) is 40.5 Å². The molecular weight excluding hydrogens is 280 g/mol. The third-order valence-corrected chi connectivity index (χ3v) is 2.54. The number of nitrogens with two attached hydrogens (primary N) is 1. The minimum Gasteiger partial charge on any atom is -0.384 e. The van der Waals surface area contributed by atoms with Gasteiger partial charge in [0.25, 0.3) is 0 Å². The fourth-order valence-electron chi connectivity index (χ4n) is 1.20. The molecule has 6 heteroatoms. The molecule has 2 rings (SSSR count). The Labute approximate surface area is 98.5 Å². The predicted molar refractivity (Wildman–Crippen MR) is 59.5 cm³/mol. The summed E-state index contributed by atoms with van der Waals surface area (Å²) in [5, 5.41) is 0. The van der Waals surface area contributed by atoms with E-state index >= 15 is 0 Å². The summed E-state index contributed by atoms with van der Waals surface area (Å²) < 4.78 is 26.6. The molecule has 0 bridgehead atoms. The summed E-state index contributed by atoms with van der Waals surface area (Å²) in [5.74, 6) is -1.06. The molecule has 3 nitrogen and oxygen atoms in total. The van der Waals surface area contributed by atoms with Gasteiger partial charge in [-0.25, -0.2) is 18.7 Å². The largest absolute Gasteiger partial charge is 0.384 e. The number of hydrogen-bond acceptors (Lipinski definition) is 3. The molecule has 0 aliphatic heterocycles. The van der Waals surface area contributed by atoms with Crippen LogP contribution in [0.25, 0.3) is 11.4 Å². The molecule has 0 unspecified atom stereocenters. The maximum atomic E-state index is 13.5. The summed E-state index contributed by atoms with van der Waals surface area (Å²) >= 11 is 2.97. The van der Waals surface area contributed by atoms with Gasteiger partial charge < -0.3 is 5.73 Å². The summed E-state index contributed by atoms with van der Waals surface area (Å²) in [7, 11) is 0. The van der Waals surface area contributed by atoms with Crippen LogP contribution in [0.3, 0.4) is 0 Å². The van der Waals surface area contributed by atoms with Crippen molar-refractivity contribution in [1.82, 2.24) is 9.97 Å². The van der Waals surface area contributed by atoms with E-state index in [1.54, 1.807) is 0 Å². The van der Waals surface area contributed by atoms with E-state index in [1.165, 1.54) is 18.3 Å². The van der Waals surface area contributed by atoms with Crippen molar-refractivity contribution in [3.8, 4) is 11.4 Å². The highest BCUT2D eigenvalue weighted by Crippen LogP contribution is 2.26. The first-order chi connectivity index (χ1) is 7.58. The number of hydrogen-bond donors (Lipinski definition) is 1. The normalized spacial score (nSPS) is 10.4. The van der Waals surface area contributed by atoms with E-state index in [-0.39, 0.29) is 21.7 Å². The lowest BCUT2D eigenvalue weighted by Gasteiger charge is -2.04. The van der Waals surface area contributed by atoms with Crippen LogP contribution in [0.5, 0.6) is 0 Å². The van der Waals surface area contributed by atoms with E-state index in [0.29, 0.717) is 0 Å². The second-order valence-electron chi connectivity index (χ2n) is 3.05. The van der Waals surface area contributed by atoms with Crippen LogP contribution in [-0.4, -0.2) is 9.97 Å². The molecule has 0 fully saturated rings. The van der Waals surface area contributed by atoms with Gasteiger partial charge in [0, 0.05) is 12.3 Å². The van der Waals surface area contributed by atoms with Crippen LogP contribution < -0.4 is 5.73 Å². The third-order valence-electron chi connectivity index (χ3n) is 1.93. The fourth-order valence-corrected chi connectivity index (χ4v) is 1.54. The van der Waals surface area contributed by atoms with Crippen molar-refractivity contribution in [3.63, 3.8) is 0 Å². The van der Waals surface area contributed by atoms with Crippen LogP contribution in [-0.2, 0) is 0 Å². The molecule has 0 saturated heterocycles. The van der Waals surface area contributed by atoms with E-state index in [4.69, 9.17) is 5.73 Å². The van der Waals surface area contributed by atoms with Gasteiger partial charge >= 0.3 is 0 Å². The van der Waals surface area contributed by atoms with Crippen LogP contribution in [0.1, 0.15) is 0 Å². The van der Waals surface area contributed by atoms with Gasteiger partial charge in [0.1, 0.15) is 17.5 Å². The molecule has 16 heavy (non-hydrogen) atoms. The highest BCUT2D eigenvalue weighted by atomic mass is 79.9. The number of benzene rings is 1. The molecule has 0 amide bonds. The highest BCUT2D eigenvalue weighted by molar-refractivity contribution is 9.10. The van der Waals surface area contributed by atoms with Crippen LogP contribution >= 0.6 is 15.9 Å². The second kappa shape index (κ2) is 4.13. The van der Waals surface area contributed by atoms with E-state index in [9.17, 15) is 8.78 Å². The topological polar surface area (TPSA) is 51.8 Å². The maximum absolute atomic E-state index is 13.5. The van der Waals surface area contributed by atoms with Gasteiger partial charge in [0.15, 0.2) is 5.82 Å². The number of nitrogen functional groups attached to an aromatic ring is 1. The lowest BCUT2D eigenvalue weighted by molar-refractivity contribution is 0.580. The van der Waals surface area contributed by atoms with E-state index < -0.39 is 11.6 Å². The quantitative estimate of drug-likeness (QED) is 0.820. The first-order valence-electron chi connectivity index (χ1n) is 4.31. The van der Waals surface area contributed by atoms with E-state index in [1.807, 2.05) is 0 Å². The smallest absolute Gasteiger partial charge is 0.164 e. The molecule has 1 aromatic heterocycles. The fraction of sp³-hybridized carbons (Fsp3) is 0. The lowest BCUT2D eigenvalue weighted by Crippen LogP contribution is -1.97. The van der Waals surface area contributed by atoms with E-state index in [0.717, 1.165) is 6.07 Å². The maximum Gasteiger partial charge on any atom is 0.164 e. The Hall–Kier alpha value is -1.56. The zero-order valence-corrected chi connectivity index (χ0v) is 9.50. The lowest BCUT2D eigenvalue weighted by atomic mass is 10.2. The molecule has 1 aromatic carbocycles. The molecule has 82 valence electrons. The Morgan fingerprint density at radius 3 is 2.62 bits per heavy atom. The summed E-state index contributed by atoms with van der Waals surface area (Å²) in [6.45, 7) is 0. The molecule has 0 atom stereocenters. The Morgan fingerprint density at radius 1 is 1.19 bits per heavy atom. The summed E-state index contributed by atoms with van der Waals surface area (Å²) in [4.78, 5) is 7.73. The van der Waals surface area contributed by atoms with Gasteiger partial charge in [-0.3, -0.25) is 0 Å². The molecule has 2 N–H and O–H groups in total. The number of anilines is 1. The number of rotatable bonds is 1. The number of aromatic nitrogens is 2. The Balaban J connectivity index is 2.60. The molecule has 2 aromatic rings. The van der Waals surface area contributed by atoms with Gasteiger partial charge in [-0.15, -0.1) is 0 Å². The monoisotopic (exact) mass is 285 g/mol. The van der Waals surface area contributed by atoms with Crippen LogP contribution in [0.2, 0.25) is 0 Å². The summed E-state index contributed by atoms with van der Waals surface area (Å²) in [6.07, 6.45) is 1.41. The summed E-state index contributed by atoms with van der Waals surface area (Å²) in [6, 6.07) is 3.53. The van der Waals surface area contributed by atoms with Crippen molar-refractivity contribution < 1.29 is 8.78 Å². The van der Waals surface area contributed by atoms with E-state index in [2.05, 4.69) is 25.9 Å².